The fraction of sp³-hybridized carbons (Fsp3) is 0.667. The van der Waals surface area contributed by atoms with Crippen molar-refractivity contribution >= 4 is 17.3 Å². The molecule has 28 heavy (non-hydrogen) atoms. The molecule has 1 saturated heterocycles. The van der Waals surface area contributed by atoms with Gasteiger partial charge in [0.2, 0.25) is 5.91 Å². The van der Waals surface area contributed by atoms with E-state index in [0.29, 0.717) is 55.9 Å². The van der Waals surface area contributed by atoms with E-state index in [4.69, 9.17) is 4.74 Å². The number of carbonyl (C=O) groups is 1. The van der Waals surface area contributed by atoms with Gasteiger partial charge in [-0.05, 0) is 61.6 Å². The zero-order chi connectivity index (χ0) is 19.9. The van der Waals surface area contributed by atoms with Crippen molar-refractivity contribution in [3.63, 3.8) is 0 Å². The second-order valence-electron chi connectivity index (χ2n) is 8.42. The number of nitrogens with zero attached hydrogens (tertiary/aromatic N) is 1. The molecule has 2 aliphatic carbocycles. The third kappa shape index (κ3) is 3.86. The number of anilines is 2. The Hall–Kier alpha value is -1.76. The lowest BCUT2D eigenvalue weighted by Gasteiger charge is -2.33. The average molecular weight is 396 g/mol. The van der Waals surface area contributed by atoms with Crippen LogP contribution in [0.15, 0.2) is 12.1 Å². The van der Waals surface area contributed by atoms with E-state index in [-0.39, 0.29) is 11.5 Å². The van der Waals surface area contributed by atoms with Crippen molar-refractivity contribution in [2.24, 2.45) is 17.8 Å². The van der Waals surface area contributed by atoms with Gasteiger partial charge >= 0.3 is 6.18 Å². The number of fused-ring (bicyclic) bond motifs is 2. The van der Waals surface area contributed by atoms with E-state index in [2.05, 4.69) is 5.32 Å². The van der Waals surface area contributed by atoms with Gasteiger partial charge in [-0.3, -0.25) is 4.79 Å². The second kappa shape index (κ2) is 7.58. The van der Waals surface area contributed by atoms with Crippen LogP contribution in [0.5, 0.6) is 0 Å². The normalized spacial score (nSPS) is 27.3. The summed E-state index contributed by atoms with van der Waals surface area (Å²) in [6, 6.07) is 2.48. The number of amides is 1. The summed E-state index contributed by atoms with van der Waals surface area (Å²) >= 11 is 0. The SMILES string of the molecule is Cc1c(C(F)(F)F)ccc(NC(=O)CC2CC3CCC2C3)c1N1CCOCC1. The van der Waals surface area contributed by atoms with Gasteiger partial charge in [-0.1, -0.05) is 6.42 Å². The minimum Gasteiger partial charge on any atom is -0.378 e. The summed E-state index contributed by atoms with van der Waals surface area (Å²) in [4.78, 5) is 14.6. The number of ether oxygens (including phenoxy) is 1. The van der Waals surface area contributed by atoms with Gasteiger partial charge < -0.3 is 15.0 Å². The van der Waals surface area contributed by atoms with Gasteiger partial charge in [0, 0.05) is 19.5 Å². The molecule has 4 rings (SSSR count). The van der Waals surface area contributed by atoms with Crippen LogP contribution in [-0.4, -0.2) is 32.2 Å². The van der Waals surface area contributed by atoms with Crippen molar-refractivity contribution in [2.75, 3.05) is 36.5 Å². The van der Waals surface area contributed by atoms with Crippen molar-refractivity contribution in [3.8, 4) is 0 Å². The summed E-state index contributed by atoms with van der Waals surface area (Å²) in [5.74, 6) is 1.73. The average Bonchev–Trinajstić information content (AvgIpc) is 3.24. The van der Waals surface area contributed by atoms with Crippen molar-refractivity contribution < 1.29 is 22.7 Å². The molecule has 1 N–H and O–H groups in total. The smallest absolute Gasteiger partial charge is 0.378 e. The maximum absolute atomic E-state index is 13.4. The third-order valence-electron chi connectivity index (χ3n) is 6.67. The Morgan fingerprint density at radius 3 is 2.57 bits per heavy atom. The van der Waals surface area contributed by atoms with Crippen molar-refractivity contribution in [2.45, 2.75) is 45.2 Å². The topological polar surface area (TPSA) is 41.6 Å². The van der Waals surface area contributed by atoms with Gasteiger partial charge in [-0.2, -0.15) is 13.2 Å². The molecule has 1 heterocycles. The van der Waals surface area contributed by atoms with Crippen molar-refractivity contribution in [3.05, 3.63) is 23.3 Å². The number of rotatable bonds is 4. The lowest BCUT2D eigenvalue weighted by molar-refractivity contribution is -0.138. The molecule has 2 bridgehead atoms. The summed E-state index contributed by atoms with van der Waals surface area (Å²) in [6.45, 7) is 3.44. The molecule has 1 amide bonds. The Bertz CT molecular complexity index is 744. The minimum absolute atomic E-state index is 0.0915. The number of nitrogens with one attached hydrogen (secondary N) is 1. The second-order valence-corrected chi connectivity index (χ2v) is 8.42. The maximum atomic E-state index is 13.4. The lowest BCUT2D eigenvalue weighted by atomic mass is 9.86. The Balaban J connectivity index is 1.56. The first-order chi connectivity index (χ1) is 13.3. The summed E-state index contributed by atoms with van der Waals surface area (Å²) in [5, 5.41) is 2.92. The largest absolute Gasteiger partial charge is 0.416 e. The highest BCUT2D eigenvalue weighted by atomic mass is 19.4. The van der Waals surface area contributed by atoms with Crippen LogP contribution in [-0.2, 0) is 15.7 Å². The van der Waals surface area contributed by atoms with E-state index in [0.717, 1.165) is 18.4 Å². The number of carbonyl (C=O) groups excluding carboxylic acids is 1. The molecule has 3 aliphatic rings. The first kappa shape index (κ1) is 19.6. The zero-order valence-electron chi connectivity index (χ0n) is 16.1. The Morgan fingerprint density at radius 1 is 1.21 bits per heavy atom. The Kier molecular flexibility index (Phi) is 5.29. The highest BCUT2D eigenvalue weighted by Crippen LogP contribution is 2.49. The van der Waals surface area contributed by atoms with Gasteiger partial charge in [0.1, 0.15) is 0 Å². The van der Waals surface area contributed by atoms with Gasteiger partial charge in [0.05, 0.1) is 30.2 Å². The first-order valence-electron chi connectivity index (χ1n) is 10.2. The number of hydrogen-bond donors (Lipinski definition) is 1. The van der Waals surface area contributed by atoms with Crippen LogP contribution in [0.2, 0.25) is 0 Å². The summed E-state index contributed by atoms with van der Waals surface area (Å²) in [7, 11) is 0. The predicted molar refractivity (Wildman–Crippen MR) is 101 cm³/mol. The van der Waals surface area contributed by atoms with Crippen molar-refractivity contribution in [1.82, 2.24) is 0 Å². The van der Waals surface area contributed by atoms with E-state index in [1.807, 2.05) is 4.90 Å². The van der Waals surface area contributed by atoms with Crippen LogP contribution in [0, 0.1) is 24.7 Å². The van der Waals surface area contributed by atoms with Crippen LogP contribution in [0.3, 0.4) is 0 Å². The van der Waals surface area contributed by atoms with E-state index < -0.39 is 11.7 Å². The molecule has 7 heteroatoms. The maximum Gasteiger partial charge on any atom is 0.416 e. The monoisotopic (exact) mass is 396 g/mol. The van der Waals surface area contributed by atoms with Gasteiger partial charge in [0.15, 0.2) is 0 Å². The van der Waals surface area contributed by atoms with Crippen LogP contribution in [0.25, 0.3) is 0 Å². The molecule has 154 valence electrons. The summed E-state index contributed by atoms with van der Waals surface area (Å²) < 4.78 is 45.6. The number of hydrogen-bond acceptors (Lipinski definition) is 3. The van der Waals surface area contributed by atoms with Crippen LogP contribution in [0.4, 0.5) is 24.5 Å². The third-order valence-corrected chi connectivity index (χ3v) is 6.67. The Labute approximate surface area is 163 Å². The minimum atomic E-state index is -4.42. The van der Waals surface area contributed by atoms with E-state index in [1.54, 1.807) is 0 Å². The van der Waals surface area contributed by atoms with Crippen LogP contribution >= 0.6 is 0 Å². The molecule has 1 aromatic rings. The Morgan fingerprint density at radius 2 is 1.96 bits per heavy atom. The fourth-order valence-corrected chi connectivity index (χ4v) is 5.37. The van der Waals surface area contributed by atoms with E-state index in [9.17, 15) is 18.0 Å². The molecule has 3 fully saturated rings. The lowest BCUT2D eigenvalue weighted by Crippen LogP contribution is -2.37. The first-order valence-corrected chi connectivity index (χ1v) is 10.2. The van der Waals surface area contributed by atoms with Crippen molar-refractivity contribution in [1.29, 1.82) is 0 Å². The molecule has 4 nitrogen and oxygen atoms in total. The molecule has 0 radical (unpaired) electrons. The number of morpholine rings is 1. The molecule has 1 aliphatic heterocycles. The molecule has 0 aromatic heterocycles. The van der Waals surface area contributed by atoms with Gasteiger partial charge in [-0.15, -0.1) is 0 Å². The summed E-state index contributed by atoms with van der Waals surface area (Å²) in [5.41, 5.74) is 0.451. The quantitative estimate of drug-likeness (QED) is 0.808. The number of alkyl halides is 3. The van der Waals surface area contributed by atoms with Crippen LogP contribution in [0.1, 0.15) is 43.2 Å². The van der Waals surface area contributed by atoms with Crippen LogP contribution < -0.4 is 10.2 Å². The predicted octanol–water partition coefficient (Wildman–Crippen LogP) is 4.62. The molecule has 3 unspecified atom stereocenters. The van der Waals surface area contributed by atoms with E-state index in [1.165, 1.54) is 32.3 Å². The molecule has 2 saturated carbocycles. The molecule has 3 atom stereocenters. The van der Waals surface area contributed by atoms with E-state index >= 15 is 0 Å². The van der Waals surface area contributed by atoms with Gasteiger partial charge in [0.25, 0.3) is 0 Å². The van der Waals surface area contributed by atoms with Gasteiger partial charge in [-0.25, -0.2) is 0 Å². The zero-order valence-corrected chi connectivity index (χ0v) is 16.1. The highest BCUT2D eigenvalue weighted by molar-refractivity contribution is 5.95. The summed E-state index contributed by atoms with van der Waals surface area (Å²) in [6.07, 6.45) is 0.875. The standard InChI is InChI=1S/C21H27F3N2O2/c1-13-17(21(22,23)24)4-5-18(20(13)26-6-8-28-9-7-26)25-19(27)12-16-11-14-2-3-15(16)10-14/h4-5,14-16H,2-3,6-12H2,1H3,(H,25,27). The highest BCUT2D eigenvalue weighted by Gasteiger charge is 2.40. The molecule has 1 aromatic carbocycles. The molecular weight excluding hydrogens is 369 g/mol. The fourth-order valence-electron chi connectivity index (χ4n) is 5.37. The molecule has 0 spiro atoms. The number of benzene rings is 1. The molecular formula is C21H27F3N2O2. The number of halogens is 3.